The van der Waals surface area contributed by atoms with Crippen LogP contribution in [-0.4, -0.2) is 36.2 Å². The van der Waals surface area contributed by atoms with Crippen molar-refractivity contribution in [3.8, 4) is 0 Å². The van der Waals surface area contributed by atoms with Crippen molar-refractivity contribution < 1.29 is 29.0 Å². The Bertz CT molecular complexity index is 411. The van der Waals surface area contributed by atoms with Gasteiger partial charge in [0.1, 0.15) is 0 Å². The zero-order chi connectivity index (χ0) is 22.5. The maximum Gasteiger partial charge on any atom is 0.327 e. The van der Waals surface area contributed by atoms with Crippen LogP contribution in [0.4, 0.5) is 0 Å². The highest BCUT2D eigenvalue weighted by Gasteiger charge is 2.09. The fourth-order valence-electron chi connectivity index (χ4n) is 2.38. The number of unbranched alkanes of at least 4 members (excludes halogenated alkanes) is 4. The number of carboxylic acids is 1. The SMILES string of the molecule is C=CC(=O)O.CC(C)CCCCCOC(=O)CCC(=O)OCCCCCC(C)C. The minimum atomic E-state index is -0.981. The van der Waals surface area contributed by atoms with E-state index in [1.54, 1.807) is 0 Å². The van der Waals surface area contributed by atoms with Crippen LogP contribution in [-0.2, 0) is 23.9 Å². The van der Waals surface area contributed by atoms with Gasteiger partial charge in [-0.05, 0) is 24.7 Å². The number of aliphatic carboxylic acids is 1. The fourth-order valence-corrected chi connectivity index (χ4v) is 2.38. The van der Waals surface area contributed by atoms with E-state index in [1.165, 1.54) is 25.7 Å². The fraction of sp³-hybridized carbons (Fsp3) is 0.783. The van der Waals surface area contributed by atoms with Gasteiger partial charge in [0.05, 0.1) is 26.1 Å². The lowest BCUT2D eigenvalue weighted by Crippen LogP contribution is -2.11. The van der Waals surface area contributed by atoms with Crippen molar-refractivity contribution in [3.05, 3.63) is 12.7 Å². The van der Waals surface area contributed by atoms with E-state index in [1.807, 2.05) is 0 Å². The molecule has 0 aliphatic heterocycles. The largest absolute Gasteiger partial charge is 0.478 e. The summed E-state index contributed by atoms with van der Waals surface area (Å²) in [6.45, 7) is 12.7. The topological polar surface area (TPSA) is 89.9 Å². The van der Waals surface area contributed by atoms with E-state index in [9.17, 15) is 14.4 Å². The predicted molar refractivity (Wildman–Crippen MR) is 116 cm³/mol. The van der Waals surface area contributed by atoms with E-state index in [0.717, 1.165) is 43.6 Å². The molecule has 6 nitrogen and oxygen atoms in total. The number of carbonyl (C=O) groups is 3. The molecule has 0 radical (unpaired) electrons. The monoisotopic (exact) mass is 414 g/mol. The Hall–Kier alpha value is -1.85. The molecule has 0 aromatic rings. The van der Waals surface area contributed by atoms with Gasteiger partial charge in [0, 0.05) is 6.08 Å². The van der Waals surface area contributed by atoms with Crippen molar-refractivity contribution >= 4 is 17.9 Å². The minimum absolute atomic E-state index is 0.123. The van der Waals surface area contributed by atoms with Gasteiger partial charge in [-0.15, -0.1) is 0 Å². The lowest BCUT2D eigenvalue weighted by molar-refractivity contribution is -0.150. The first-order valence-electron chi connectivity index (χ1n) is 10.9. The van der Waals surface area contributed by atoms with E-state index in [-0.39, 0.29) is 24.8 Å². The Balaban J connectivity index is 0. The van der Waals surface area contributed by atoms with E-state index in [2.05, 4.69) is 34.3 Å². The van der Waals surface area contributed by atoms with Crippen molar-refractivity contribution in [2.45, 2.75) is 91.9 Å². The molecular weight excluding hydrogens is 372 g/mol. The second kappa shape index (κ2) is 20.9. The molecule has 0 aromatic carbocycles. The highest BCUT2D eigenvalue weighted by atomic mass is 16.5. The summed E-state index contributed by atoms with van der Waals surface area (Å²) in [5, 5.41) is 7.60. The van der Waals surface area contributed by atoms with Crippen LogP contribution in [0, 0.1) is 11.8 Å². The maximum absolute atomic E-state index is 11.5. The summed E-state index contributed by atoms with van der Waals surface area (Å²) >= 11 is 0. The summed E-state index contributed by atoms with van der Waals surface area (Å²) in [6.07, 6.45) is 9.86. The molecule has 6 heteroatoms. The van der Waals surface area contributed by atoms with Crippen LogP contribution >= 0.6 is 0 Å². The Kier molecular flexibility index (Phi) is 21.1. The third-order valence-corrected chi connectivity index (χ3v) is 4.09. The summed E-state index contributed by atoms with van der Waals surface area (Å²) in [5.41, 5.74) is 0. The van der Waals surface area contributed by atoms with E-state index in [4.69, 9.17) is 14.6 Å². The number of ether oxygens (including phenoxy) is 2. The minimum Gasteiger partial charge on any atom is -0.478 e. The molecule has 0 saturated heterocycles. The first-order chi connectivity index (χ1) is 13.7. The number of rotatable bonds is 16. The summed E-state index contributed by atoms with van der Waals surface area (Å²) in [4.78, 5) is 32.3. The van der Waals surface area contributed by atoms with E-state index >= 15 is 0 Å². The van der Waals surface area contributed by atoms with Crippen LogP contribution in [0.15, 0.2) is 12.7 Å². The van der Waals surface area contributed by atoms with Gasteiger partial charge < -0.3 is 14.6 Å². The quantitative estimate of drug-likeness (QED) is 0.202. The molecule has 170 valence electrons. The first-order valence-corrected chi connectivity index (χ1v) is 10.9. The van der Waals surface area contributed by atoms with Crippen LogP contribution in [0.2, 0.25) is 0 Å². The van der Waals surface area contributed by atoms with Crippen molar-refractivity contribution in [1.29, 1.82) is 0 Å². The summed E-state index contributed by atoms with van der Waals surface area (Å²) in [5.74, 6) is -0.118. The second-order valence-corrected chi connectivity index (χ2v) is 7.97. The number of esters is 2. The third-order valence-electron chi connectivity index (χ3n) is 4.09. The molecule has 0 amide bonds. The normalized spacial score (nSPS) is 10.3. The van der Waals surface area contributed by atoms with Crippen LogP contribution in [0.25, 0.3) is 0 Å². The first kappa shape index (κ1) is 29.4. The molecule has 0 aliphatic rings. The Morgan fingerprint density at radius 2 is 1.10 bits per heavy atom. The molecule has 0 saturated carbocycles. The molecule has 0 rings (SSSR count). The van der Waals surface area contributed by atoms with Crippen LogP contribution in [0.3, 0.4) is 0 Å². The zero-order valence-corrected chi connectivity index (χ0v) is 18.9. The Morgan fingerprint density at radius 3 is 1.38 bits per heavy atom. The predicted octanol–water partition coefficient (Wildman–Crippen LogP) is 5.54. The molecule has 0 aromatic heterocycles. The zero-order valence-electron chi connectivity index (χ0n) is 18.9. The summed E-state index contributed by atoms with van der Waals surface area (Å²) in [6, 6.07) is 0. The third kappa shape index (κ3) is 28.5. The van der Waals surface area contributed by atoms with Crippen molar-refractivity contribution in [2.75, 3.05) is 13.2 Å². The standard InChI is InChI=1S/C20H38O4.C3H4O2/c1-17(2)11-7-5-9-15-23-19(21)13-14-20(22)24-16-10-6-8-12-18(3)4;1-2-3(4)5/h17-18H,5-16H2,1-4H3;2H,1H2,(H,4,5). The van der Waals surface area contributed by atoms with Gasteiger partial charge in [-0.1, -0.05) is 72.8 Å². The van der Waals surface area contributed by atoms with Crippen molar-refractivity contribution in [3.63, 3.8) is 0 Å². The van der Waals surface area contributed by atoms with Gasteiger partial charge in [-0.3, -0.25) is 9.59 Å². The number of carbonyl (C=O) groups excluding carboxylic acids is 2. The van der Waals surface area contributed by atoms with E-state index in [0.29, 0.717) is 13.2 Å². The highest BCUT2D eigenvalue weighted by Crippen LogP contribution is 2.09. The van der Waals surface area contributed by atoms with Gasteiger partial charge >= 0.3 is 17.9 Å². The number of hydrogen-bond donors (Lipinski definition) is 1. The molecule has 0 atom stereocenters. The van der Waals surface area contributed by atoms with Crippen molar-refractivity contribution in [1.82, 2.24) is 0 Å². The molecule has 0 spiro atoms. The highest BCUT2D eigenvalue weighted by molar-refractivity contribution is 5.78. The maximum atomic E-state index is 11.5. The summed E-state index contributed by atoms with van der Waals surface area (Å²) < 4.78 is 10.3. The van der Waals surface area contributed by atoms with Gasteiger partial charge in [-0.2, -0.15) is 0 Å². The molecular formula is C23H42O6. The lowest BCUT2D eigenvalue weighted by Gasteiger charge is -2.07. The Morgan fingerprint density at radius 1 is 0.759 bits per heavy atom. The molecule has 1 N–H and O–H groups in total. The van der Waals surface area contributed by atoms with Gasteiger partial charge in [-0.25, -0.2) is 4.79 Å². The summed E-state index contributed by atoms with van der Waals surface area (Å²) in [7, 11) is 0. The van der Waals surface area contributed by atoms with Crippen LogP contribution in [0.5, 0.6) is 0 Å². The number of carboxylic acid groups (broad SMARTS) is 1. The molecule has 0 unspecified atom stereocenters. The smallest absolute Gasteiger partial charge is 0.327 e. The van der Waals surface area contributed by atoms with E-state index < -0.39 is 5.97 Å². The molecule has 0 bridgehead atoms. The molecule has 0 aliphatic carbocycles. The van der Waals surface area contributed by atoms with Gasteiger partial charge in [0.25, 0.3) is 0 Å². The van der Waals surface area contributed by atoms with Gasteiger partial charge in [0.2, 0.25) is 0 Å². The van der Waals surface area contributed by atoms with Crippen molar-refractivity contribution in [2.24, 2.45) is 11.8 Å². The average molecular weight is 415 g/mol. The molecule has 29 heavy (non-hydrogen) atoms. The van der Waals surface area contributed by atoms with Crippen LogP contribution < -0.4 is 0 Å². The van der Waals surface area contributed by atoms with Gasteiger partial charge in [0.15, 0.2) is 0 Å². The number of hydrogen-bond acceptors (Lipinski definition) is 5. The molecule has 0 heterocycles. The average Bonchev–Trinajstić information content (AvgIpc) is 2.65. The van der Waals surface area contributed by atoms with Crippen LogP contribution in [0.1, 0.15) is 91.9 Å². The Labute approximate surface area is 177 Å². The lowest BCUT2D eigenvalue weighted by atomic mass is 10.1. The molecule has 0 fully saturated rings. The second-order valence-electron chi connectivity index (χ2n) is 7.97.